The van der Waals surface area contributed by atoms with E-state index in [4.69, 9.17) is 0 Å². The molecule has 0 amide bonds. The molecule has 0 aromatic heterocycles. The van der Waals surface area contributed by atoms with E-state index in [1.165, 1.54) is 25.7 Å². The molecule has 19 heavy (non-hydrogen) atoms. The minimum Gasteiger partial charge on any atom is -0.313 e. The molecule has 0 aliphatic carbocycles. The van der Waals surface area contributed by atoms with Crippen molar-refractivity contribution >= 4 is 15.9 Å². The van der Waals surface area contributed by atoms with E-state index in [9.17, 15) is 4.39 Å². The molecule has 108 valence electrons. The summed E-state index contributed by atoms with van der Waals surface area (Å²) in [7, 11) is 1.96. The van der Waals surface area contributed by atoms with Gasteiger partial charge in [0, 0.05) is 6.04 Å². The molecule has 1 aromatic carbocycles. The van der Waals surface area contributed by atoms with E-state index in [1.807, 2.05) is 13.1 Å². The summed E-state index contributed by atoms with van der Waals surface area (Å²) in [6.07, 6.45) is 6.06. The monoisotopic (exact) mass is 329 g/mol. The molecule has 0 aliphatic rings. The second kappa shape index (κ2) is 8.70. The van der Waals surface area contributed by atoms with Gasteiger partial charge in [-0.1, -0.05) is 45.6 Å². The molecule has 1 aromatic rings. The van der Waals surface area contributed by atoms with E-state index in [1.54, 1.807) is 12.1 Å². The molecule has 1 rings (SSSR count). The van der Waals surface area contributed by atoms with Crippen molar-refractivity contribution in [1.82, 2.24) is 5.32 Å². The fourth-order valence-electron chi connectivity index (χ4n) is 2.46. The molecule has 2 unspecified atom stereocenters. The van der Waals surface area contributed by atoms with Gasteiger partial charge in [0.25, 0.3) is 0 Å². The Morgan fingerprint density at radius 1 is 1.32 bits per heavy atom. The van der Waals surface area contributed by atoms with Crippen LogP contribution in [0.15, 0.2) is 22.7 Å². The lowest BCUT2D eigenvalue weighted by Crippen LogP contribution is -2.20. The number of nitrogens with one attached hydrogen (secondary N) is 1. The van der Waals surface area contributed by atoms with Crippen LogP contribution in [0.3, 0.4) is 0 Å². The Kier molecular flexibility index (Phi) is 7.62. The molecule has 3 heteroatoms. The molecule has 0 aliphatic heterocycles. The average molecular weight is 330 g/mol. The van der Waals surface area contributed by atoms with Crippen molar-refractivity contribution in [3.05, 3.63) is 34.1 Å². The van der Waals surface area contributed by atoms with Crippen LogP contribution in [-0.2, 0) is 0 Å². The van der Waals surface area contributed by atoms with Gasteiger partial charge in [0.1, 0.15) is 5.82 Å². The fourth-order valence-corrected chi connectivity index (χ4v) is 2.71. The van der Waals surface area contributed by atoms with E-state index in [0.29, 0.717) is 10.4 Å². The van der Waals surface area contributed by atoms with Crippen LogP contribution in [0.5, 0.6) is 0 Å². The highest BCUT2D eigenvalue weighted by atomic mass is 79.9. The molecule has 0 heterocycles. The average Bonchev–Trinajstić information content (AvgIpc) is 2.42. The Balaban J connectivity index is 2.72. The smallest absolute Gasteiger partial charge is 0.137 e. The zero-order valence-corrected chi connectivity index (χ0v) is 13.8. The van der Waals surface area contributed by atoms with Gasteiger partial charge in [0.15, 0.2) is 0 Å². The minimum atomic E-state index is -0.181. The van der Waals surface area contributed by atoms with Gasteiger partial charge in [-0.05, 0) is 53.0 Å². The molecular weight excluding hydrogens is 305 g/mol. The highest BCUT2D eigenvalue weighted by Gasteiger charge is 2.16. The van der Waals surface area contributed by atoms with Crippen LogP contribution in [0, 0.1) is 11.7 Å². The molecule has 0 radical (unpaired) electrons. The maximum absolute atomic E-state index is 13.6. The number of halogens is 2. The van der Waals surface area contributed by atoms with Crippen LogP contribution < -0.4 is 5.32 Å². The van der Waals surface area contributed by atoms with Crippen LogP contribution in [-0.4, -0.2) is 7.05 Å². The second-order valence-corrected chi connectivity index (χ2v) is 6.02. The van der Waals surface area contributed by atoms with Crippen LogP contribution in [0.4, 0.5) is 4.39 Å². The minimum absolute atomic E-state index is 0.181. The molecule has 0 saturated carbocycles. The van der Waals surface area contributed by atoms with E-state index >= 15 is 0 Å². The van der Waals surface area contributed by atoms with Crippen molar-refractivity contribution in [2.24, 2.45) is 5.92 Å². The summed E-state index contributed by atoms with van der Waals surface area (Å²) in [5, 5.41) is 3.32. The first-order valence-electron chi connectivity index (χ1n) is 7.24. The molecular formula is C16H25BrFN. The molecule has 0 saturated heterocycles. The highest BCUT2D eigenvalue weighted by Crippen LogP contribution is 2.28. The molecule has 1 nitrogen and oxygen atoms in total. The molecule has 0 fully saturated rings. The Labute approximate surface area is 125 Å². The van der Waals surface area contributed by atoms with Crippen molar-refractivity contribution in [3.63, 3.8) is 0 Å². The van der Waals surface area contributed by atoms with Crippen molar-refractivity contribution in [3.8, 4) is 0 Å². The number of benzene rings is 1. The lowest BCUT2D eigenvalue weighted by atomic mass is 9.89. The largest absolute Gasteiger partial charge is 0.313 e. The summed E-state index contributed by atoms with van der Waals surface area (Å²) in [6, 6.07) is 5.67. The Morgan fingerprint density at radius 3 is 2.58 bits per heavy atom. The third-order valence-electron chi connectivity index (χ3n) is 3.81. The zero-order chi connectivity index (χ0) is 14.3. The molecule has 2 atom stereocenters. The second-order valence-electron chi connectivity index (χ2n) is 5.17. The summed E-state index contributed by atoms with van der Waals surface area (Å²) in [5.41, 5.74) is 1.04. The summed E-state index contributed by atoms with van der Waals surface area (Å²) >= 11 is 3.20. The van der Waals surface area contributed by atoms with Crippen LogP contribution in [0.1, 0.15) is 57.6 Å². The van der Waals surface area contributed by atoms with Crippen molar-refractivity contribution in [1.29, 1.82) is 0 Å². The number of unbranched alkanes of at least 4 members (excludes halogenated alkanes) is 1. The van der Waals surface area contributed by atoms with Crippen LogP contribution in [0.25, 0.3) is 0 Å². The predicted molar refractivity (Wildman–Crippen MR) is 83.8 cm³/mol. The first-order chi connectivity index (χ1) is 9.12. The number of rotatable bonds is 8. The maximum atomic E-state index is 13.6. The topological polar surface area (TPSA) is 12.0 Å². The number of hydrogen-bond donors (Lipinski definition) is 1. The third-order valence-corrected chi connectivity index (χ3v) is 4.45. The van der Waals surface area contributed by atoms with Gasteiger partial charge >= 0.3 is 0 Å². The predicted octanol–water partition coefficient (Wildman–Crippen LogP) is 5.46. The van der Waals surface area contributed by atoms with E-state index in [-0.39, 0.29) is 11.9 Å². The molecule has 1 N–H and O–H groups in total. The maximum Gasteiger partial charge on any atom is 0.137 e. The summed E-state index contributed by atoms with van der Waals surface area (Å²) in [6.45, 7) is 4.47. The van der Waals surface area contributed by atoms with Gasteiger partial charge in [-0.15, -0.1) is 0 Å². The zero-order valence-electron chi connectivity index (χ0n) is 12.2. The summed E-state index contributed by atoms with van der Waals surface area (Å²) in [5.74, 6) is 0.531. The fraction of sp³-hybridized carbons (Fsp3) is 0.625. The highest BCUT2D eigenvalue weighted by molar-refractivity contribution is 9.10. The Hall–Kier alpha value is -0.410. The van der Waals surface area contributed by atoms with Gasteiger partial charge in [-0.3, -0.25) is 0 Å². The van der Waals surface area contributed by atoms with Crippen LogP contribution >= 0.6 is 15.9 Å². The van der Waals surface area contributed by atoms with Gasteiger partial charge in [0.2, 0.25) is 0 Å². The van der Waals surface area contributed by atoms with Gasteiger partial charge in [-0.25, -0.2) is 4.39 Å². The first kappa shape index (κ1) is 16.6. The van der Waals surface area contributed by atoms with Crippen molar-refractivity contribution in [2.75, 3.05) is 7.05 Å². The van der Waals surface area contributed by atoms with Gasteiger partial charge < -0.3 is 5.32 Å². The van der Waals surface area contributed by atoms with Crippen LogP contribution in [0.2, 0.25) is 0 Å². The standard InChI is InChI=1S/C16H25BrFN/c1-4-6-7-12(5-2)10-16(19-3)13-8-9-14(17)15(18)11-13/h8-9,11-12,16,19H,4-7,10H2,1-3H3. The third kappa shape index (κ3) is 5.23. The summed E-state index contributed by atoms with van der Waals surface area (Å²) in [4.78, 5) is 0. The van der Waals surface area contributed by atoms with Gasteiger partial charge in [0.05, 0.1) is 4.47 Å². The molecule has 0 bridgehead atoms. The quantitative estimate of drug-likeness (QED) is 0.668. The van der Waals surface area contributed by atoms with Crippen molar-refractivity contribution in [2.45, 2.75) is 52.0 Å². The lowest BCUT2D eigenvalue weighted by Gasteiger charge is -2.23. The van der Waals surface area contributed by atoms with Gasteiger partial charge in [-0.2, -0.15) is 0 Å². The van der Waals surface area contributed by atoms with Crippen molar-refractivity contribution < 1.29 is 4.39 Å². The molecule has 0 spiro atoms. The first-order valence-corrected chi connectivity index (χ1v) is 8.03. The van der Waals surface area contributed by atoms with E-state index in [0.717, 1.165) is 12.0 Å². The SMILES string of the molecule is CCCCC(CC)CC(NC)c1ccc(Br)c(F)c1. The number of hydrogen-bond acceptors (Lipinski definition) is 1. The Bertz CT molecular complexity index is 381. The van der Waals surface area contributed by atoms with E-state index in [2.05, 4.69) is 35.1 Å². The Morgan fingerprint density at radius 2 is 2.05 bits per heavy atom. The lowest BCUT2D eigenvalue weighted by molar-refractivity contribution is 0.364. The normalized spacial score (nSPS) is 14.4. The van der Waals surface area contributed by atoms with E-state index < -0.39 is 0 Å². The summed E-state index contributed by atoms with van der Waals surface area (Å²) < 4.78 is 14.2.